The van der Waals surface area contributed by atoms with Crippen LogP contribution in [0.5, 0.6) is 0 Å². The molecule has 0 saturated heterocycles. The molecule has 0 amide bonds. The summed E-state index contributed by atoms with van der Waals surface area (Å²) in [5, 5.41) is 10.3. The zero-order valence-corrected chi connectivity index (χ0v) is 7.62. The van der Waals surface area contributed by atoms with Gasteiger partial charge >= 0.3 is 6.18 Å². The lowest BCUT2D eigenvalue weighted by atomic mass is 10.1. The van der Waals surface area contributed by atoms with E-state index in [9.17, 15) is 28.1 Å². The van der Waals surface area contributed by atoms with Crippen molar-refractivity contribution in [1.29, 1.82) is 0 Å². The molecular weight excluding hydrogens is 229 g/mol. The van der Waals surface area contributed by atoms with Gasteiger partial charge in [0, 0.05) is 17.8 Å². The number of carbonyl (C=O) groups is 1. The number of halogens is 3. The molecule has 0 heterocycles. The molecule has 1 aromatic rings. The maximum atomic E-state index is 12.1. The maximum Gasteiger partial charge on any atom is 0.454 e. The highest BCUT2D eigenvalue weighted by molar-refractivity contribution is 6.04. The Morgan fingerprint density at radius 2 is 1.94 bits per heavy atom. The number of benzene rings is 1. The molecule has 1 aromatic carbocycles. The number of nitro groups is 1. The molecule has 8 heteroatoms. The van der Waals surface area contributed by atoms with Crippen LogP contribution in [0.2, 0.25) is 0 Å². The first-order valence-electron chi connectivity index (χ1n) is 3.89. The van der Waals surface area contributed by atoms with E-state index in [4.69, 9.17) is 5.73 Å². The fourth-order valence-electron chi connectivity index (χ4n) is 1.01. The molecule has 0 bridgehead atoms. The summed E-state index contributed by atoms with van der Waals surface area (Å²) in [6, 6.07) is 2.31. The van der Waals surface area contributed by atoms with Crippen LogP contribution in [0.3, 0.4) is 0 Å². The van der Waals surface area contributed by atoms with Crippen LogP contribution in [0.4, 0.5) is 24.5 Å². The molecule has 0 aliphatic heterocycles. The molecule has 0 atom stereocenters. The van der Waals surface area contributed by atoms with Gasteiger partial charge in [-0.25, -0.2) is 0 Å². The number of Topliss-reactive ketones (excluding diaryl/α,β-unsaturated/α-hetero) is 1. The van der Waals surface area contributed by atoms with Crippen LogP contribution >= 0.6 is 0 Å². The summed E-state index contributed by atoms with van der Waals surface area (Å²) < 4.78 is 36.2. The number of hydrogen-bond acceptors (Lipinski definition) is 4. The highest BCUT2D eigenvalue weighted by Crippen LogP contribution is 2.27. The molecule has 0 saturated carbocycles. The maximum absolute atomic E-state index is 12.1. The summed E-state index contributed by atoms with van der Waals surface area (Å²) in [6.45, 7) is 0. The van der Waals surface area contributed by atoms with E-state index in [1.807, 2.05) is 0 Å². The van der Waals surface area contributed by atoms with Crippen molar-refractivity contribution in [2.75, 3.05) is 5.73 Å². The van der Waals surface area contributed by atoms with Gasteiger partial charge in [-0.3, -0.25) is 14.9 Å². The van der Waals surface area contributed by atoms with Crippen molar-refractivity contribution in [2.24, 2.45) is 0 Å². The monoisotopic (exact) mass is 234 g/mol. The van der Waals surface area contributed by atoms with Crippen molar-refractivity contribution in [2.45, 2.75) is 6.18 Å². The molecule has 0 radical (unpaired) electrons. The number of alkyl halides is 3. The van der Waals surface area contributed by atoms with Crippen LogP contribution in [0, 0.1) is 10.1 Å². The molecule has 16 heavy (non-hydrogen) atoms. The Labute approximate surface area is 86.8 Å². The van der Waals surface area contributed by atoms with Crippen LogP contribution in [0.1, 0.15) is 10.4 Å². The molecule has 0 aliphatic carbocycles. The first kappa shape index (κ1) is 12.0. The van der Waals surface area contributed by atoms with Crippen molar-refractivity contribution >= 4 is 17.2 Å². The van der Waals surface area contributed by atoms with E-state index < -0.39 is 33.8 Å². The van der Waals surface area contributed by atoms with E-state index in [0.29, 0.717) is 6.07 Å². The Kier molecular flexibility index (Phi) is 2.84. The van der Waals surface area contributed by atoms with Gasteiger partial charge in [-0.05, 0) is 6.07 Å². The number of hydrogen-bond donors (Lipinski definition) is 1. The van der Waals surface area contributed by atoms with Gasteiger partial charge in [0.2, 0.25) is 0 Å². The minimum Gasteiger partial charge on any atom is -0.398 e. The second kappa shape index (κ2) is 3.80. The number of nitrogens with two attached hydrogens (primary N) is 1. The molecule has 0 unspecified atom stereocenters. The summed E-state index contributed by atoms with van der Waals surface area (Å²) in [7, 11) is 0. The lowest BCUT2D eigenvalue weighted by Crippen LogP contribution is -2.23. The Balaban J connectivity index is 3.28. The van der Waals surface area contributed by atoms with Gasteiger partial charge in [0.25, 0.3) is 11.5 Å². The fourth-order valence-corrected chi connectivity index (χ4v) is 1.01. The third kappa shape index (κ3) is 2.27. The summed E-state index contributed by atoms with van der Waals surface area (Å²) >= 11 is 0. The number of ketones is 1. The number of nitrogens with zero attached hydrogens (tertiary/aromatic N) is 1. The zero-order valence-electron chi connectivity index (χ0n) is 7.62. The minimum atomic E-state index is -5.11. The number of non-ortho nitro benzene ring substituents is 1. The quantitative estimate of drug-likeness (QED) is 0.366. The number of rotatable bonds is 2. The van der Waals surface area contributed by atoms with Crippen molar-refractivity contribution in [3.8, 4) is 0 Å². The average Bonchev–Trinajstić information content (AvgIpc) is 2.15. The average molecular weight is 234 g/mol. The number of carbonyl (C=O) groups excluding carboxylic acids is 1. The van der Waals surface area contributed by atoms with Crippen LogP contribution in [-0.2, 0) is 0 Å². The van der Waals surface area contributed by atoms with Gasteiger partial charge in [-0.1, -0.05) is 0 Å². The fraction of sp³-hybridized carbons (Fsp3) is 0.125. The second-order valence-corrected chi connectivity index (χ2v) is 2.86. The second-order valence-electron chi connectivity index (χ2n) is 2.86. The van der Waals surface area contributed by atoms with Gasteiger partial charge in [0.1, 0.15) is 0 Å². The Morgan fingerprint density at radius 3 is 2.38 bits per heavy atom. The van der Waals surface area contributed by atoms with Gasteiger partial charge in [0.05, 0.1) is 10.5 Å². The van der Waals surface area contributed by atoms with Crippen molar-refractivity contribution in [3.63, 3.8) is 0 Å². The number of anilines is 1. The molecule has 0 aliphatic rings. The van der Waals surface area contributed by atoms with Crippen LogP contribution in [0.25, 0.3) is 0 Å². The van der Waals surface area contributed by atoms with Crippen molar-refractivity contribution in [1.82, 2.24) is 0 Å². The normalized spacial score (nSPS) is 11.2. The Hall–Kier alpha value is -2.12. The predicted molar refractivity (Wildman–Crippen MR) is 47.9 cm³/mol. The molecule has 0 aromatic heterocycles. The summed E-state index contributed by atoms with van der Waals surface area (Å²) in [5.41, 5.74) is 3.15. The van der Waals surface area contributed by atoms with E-state index in [1.165, 1.54) is 0 Å². The molecular formula is C8H5F3N2O3. The molecule has 0 spiro atoms. The SMILES string of the molecule is Nc1ccc([N+](=O)[O-])cc1C(=O)C(F)(F)F. The molecule has 1 rings (SSSR count). The van der Waals surface area contributed by atoms with Crippen molar-refractivity contribution < 1.29 is 22.9 Å². The van der Waals surface area contributed by atoms with Crippen LogP contribution in [0.15, 0.2) is 18.2 Å². The molecule has 2 N–H and O–H groups in total. The Morgan fingerprint density at radius 1 is 1.38 bits per heavy atom. The summed E-state index contributed by atoms with van der Waals surface area (Å²) in [5.74, 6) is -2.20. The lowest BCUT2D eigenvalue weighted by molar-refractivity contribution is -0.384. The van der Waals surface area contributed by atoms with E-state index >= 15 is 0 Å². The number of nitrogen functional groups attached to an aromatic ring is 1. The van der Waals surface area contributed by atoms with Gasteiger partial charge in [-0.15, -0.1) is 0 Å². The highest BCUT2D eigenvalue weighted by atomic mass is 19.4. The summed E-state index contributed by atoms with van der Waals surface area (Å²) in [4.78, 5) is 20.2. The molecule has 5 nitrogen and oxygen atoms in total. The zero-order chi connectivity index (χ0) is 12.5. The number of nitro benzene ring substituents is 1. The summed E-state index contributed by atoms with van der Waals surface area (Å²) in [6.07, 6.45) is -5.11. The molecule has 86 valence electrons. The van der Waals surface area contributed by atoms with Crippen LogP contribution in [-0.4, -0.2) is 16.9 Å². The van der Waals surface area contributed by atoms with Crippen molar-refractivity contribution in [3.05, 3.63) is 33.9 Å². The van der Waals surface area contributed by atoms with E-state index in [-0.39, 0.29) is 0 Å². The first-order valence-corrected chi connectivity index (χ1v) is 3.89. The predicted octanol–water partition coefficient (Wildman–Crippen LogP) is 1.92. The first-order chi connectivity index (χ1) is 7.23. The van der Waals surface area contributed by atoms with Gasteiger partial charge < -0.3 is 5.73 Å². The topological polar surface area (TPSA) is 86.2 Å². The third-order valence-electron chi connectivity index (χ3n) is 1.75. The lowest BCUT2D eigenvalue weighted by Gasteiger charge is -2.07. The molecule has 0 fully saturated rings. The van der Waals surface area contributed by atoms with Gasteiger partial charge in [0.15, 0.2) is 0 Å². The third-order valence-corrected chi connectivity index (χ3v) is 1.75. The largest absolute Gasteiger partial charge is 0.454 e. The standard InChI is InChI=1S/C8H5F3N2O3/c9-8(10,11)7(14)5-3-4(13(15)16)1-2-6(5)12/h1-3H,12H2. The van der Waals surface area contributed by atoms with Gasteiger partial charge in [-0.2, -0.15) is 13.2 Å². The smallest absolute Gasteiger partial charge is 0.398 e. The van der Waals surface area contributed by atoms with E-state index in [1.54, 1.807) is 0 Å². The van der Waals surface area contributed by atoms with Crippen LogP contribution < -0.4 is 5.73 Å². The van der Waals surface area contributed by atoms with E-state index in [0.717, 1.165) is 12.1 Å². The Bertz CT molecular complexity index is 456. The highest BCUT2D eigenvalue weighted by Gasteiger charge is 2.40. The van der Waals surface area contributed by atoms with E-state index in [2.05, 4.69) is 0 Å². The minimum absolute atomic E-state index is 0.451.